The lowest BCUT2D eigenvalue weighted by Crippen LogP contribution is -2.44. The number of aromatic nitrogens is 1. The monoisotopic (exact) mass is 375 g/mol. The Morgan fingerprint density at radius 2 is 1.89 bits per heavy atom. The van der Waals surface area contributed by atoms with Crippen LogP contribution in [-0.4, -0.2) is 46.6 Å². The molecule has 27 heavy (non-hydrogen) atoms. The van der Waals surface area contributed by atoms with Crippen LogP contribution >= 0.6 is 0 Å². The summed E-state index contributed by atoms with van der Waals surface area (Å²) in [6, 6.07) is 1.97. The number of carbonyl (C=O) groups excluding carboxylic acids is 2. The number of carbonyl (C=O) groups is 2. The lowest BCUT2D eigenvalue weighted by Gasteiger charge is -2.34. The van der Waals surface area contributed by atoms with E-state index in [0.29, 0.717) is 24.6 Å². The van der Waals surface area contributed by atoms with Crippen molar-refractivity contribution >= 4 is 29.2 Å². The molecule has 1 saturated heterocycles. The summed E-state index contributed by atoms with van der Waals surface area (Å²) in [5, 5.41) is 6.26. The first kappa shape index (κ1) is 19.3. The van der Waals surface area contributed by atoms with Gasteiger partial charge in [0.25, 0.3) is 0 Å². The van der Waals surface area contributed by atoms with E-state index in [0.717, 1.165) is 31.4 Å². The van der Waals surface area contributed by atoms with Crippen LogP contribution in [0.4, 0.5) is 22.0 Å². The Balaban J connectivity index is 1.53. The van der Waals surface area contributed by atoms with Crippen LogP contribution in [0.3, 0.4) is 0 Å². The van der Waals surface area contributed by atoms with E-state index in [-0.39, 0.29) is 24.0 Å². The molecule has 0 atom stereocenters. The predicted molar refractivity (Wildman–Crippen MR) is 104 cm³/mol. The summed E-state index contributed by atoms with van der Waals surface area (Å²) < 4.78 is 5.42. The fourth-order valence-corrected chi connectivity index (χ4v) is 2.99. The van der Waals surface area contributed by atoms with Gasteiger partial charge in [0.05, 0.1) is 17.6 Å². The molecule has 1 saturated carbocycles. The fraction of sp³-hybridized carbons (Fsp3) is 0.632. The SMILES string of the molecule is CC(C)(C)OC(=O)N1CCC(Nc2cc(NC(=O)C3CC3)ncc2N)CC1. The lowest BCUT2D eigenvalue weighted by atomic mass is 10.0. The molecule has 0 bridgehead atoms. The third-order valence-electron chi connectivity index (χ3n) is 4.64. The molecule has 2 heterocycles. The minimum absolute atomic E-state index is 0.0175. The van der Waals surface area contributed by atoms with E-state index >= 15 is 0 Å². The summed E-state index contributed by atoms with van der Waals surface area (Å²) in [5.41, 5.74) is 6.84. The van der Waals surface area contributed by atoms with Crippen LogP contribution in [0, 0.1) is 5.92 Å². The highest BCUT2D eigenvalue weighted by Gasteiger charge is 2.30. The van der Waals surface area contributed by atoms with E-state index in [1.807, 2.05) is 20.8 Å². The number of nitrogens with zero attached hydrogens (tertiary/aromatic N) is 2. The Kier molecular flexibility index (Phi) is 5.43. The molecule has 0 unspecified atom stereocenters. The lowest BCUT2D eigenvalue weighted by molar-refractivity contribution is -0.117. The molecule has 148 valence electrons. The summed E-state index contributed by atoms with van der Waals surface area (Å²) in [6.45, 7) is 6.85. The third-order valence-corrected chi connectivity index (χ3v) is 4.64. The number of nitrogen functional groups attached to an aromatic ring is 1. The molecule has 4 N–H and O–H groups in total. The fourth-order valence-electron chi connectivity index (χ4n) is 2.99. The molecular weight excluding hydrogens is 346 g/mol. The molecule has 3 rings (SSSR count). The molecule has 8 nitrogen and oxygen atoms in total. The largest absolute Gasteiger partial charge is 0.444 e. The molecule has 0 radical (unpaired) electrons. The predicted octanol–water partition coefficient (Wildman–Crippen LogP) is 2.82. The van der Waals surface area contributed by atoms with Gasteiger partial charge in [-0.3, -0.25) is 4.79 Å². The molecule has 2 aliphatic rings. The van der Waals surface area contributed by atoms with Crippen LogP contribution in [-0.2, 0) is 9.53 Å². The second kappa shape index (κ2) is 7.62. The number of amides is 2. The second-order valence-electron chi connectivity index (χ2n) is 8.31. The summed E-state index contributed by atoms with van der Waals surface area (Å²) in [6.07, 6.45) is 4.77. The van der Waals surface area contributed by atoms with E-state index in [1.165, 1.54) is 0 Å². The summed E-state index contributed by atoms with van der Waals surface area (Å²) in [4.78, 5) is 30.0. The third kappa shape index (κ3) is 5.48. The van der Waals surface area contributed by atoms with E-state index < -0.39 is 5.60 Å². The molecule has 2 fully saturated rings. The number of anilines is 3. The van der Waals surface area contributed by atoms with Crippen molar-refractivity contribution in [3.63, 3.8) is 0 Å². The summed E-state index contributed by atoms with van der Waals surface area (Å²) in [5.74, 6) is 0.650. The molecule has 0 spiro atoms. The molecule has 1 aromatic rings. The van der Waals surface area contributed by atoms with Gasteiger partial charge >= 0.3 is 6.09 Å². The van der Waals surface area contributed by atoms with Crippen molar-refractivity contribution in [1.29, 1.82) is 0 Å². The topological polar surface area (TPSA) is 110 Å². The van der Waals surface area contributed by atoms with Gasteiger partial charge in [-0.05, 0) is 46.5 Å². The number of piperidine rings is 1. The zero-order valence-electron chi connectivity index (χ0n) is 16.2. The van der Waals surface area contributed by atoms with E-state index in [1.54, 1.807) is 17.2 Å². The zero-order chi connectivity index (χ0) is 19.6. The van der Waals surface area contributed by atoms with Gasteiger partial charge < -0.3 is 26.0 Å². The number of nitrogens with two attached hydrogens (primary N) is 1. The van der Waals surface area contributed by atoms with Gasteiger partial charge in [0, 0.05) is 31.1 Å². The van der Waals surface area contributed by atoms with Crippen molar-refractivity contribution < 1.29 is 14.3 Å². The van der Waals surface area contributed by atoms with E-state index in [9.17, 15) is 9.59 Å². The van der Waals surface area contributed by atoms with Crippen LogP contribution in [0.25, 0.3) is 0 Å². The standard InChI is InChI=1S/C19H29N5O3/c1-19(2,3)27-18(26)24-8-6-13(7-9-24)22-15-10-16(21-11-14(15)20)23-17(25)12-4-5-12/h10-13H,4-9,20H2,1-3H3,(H2,21,22,23,25). The molecule has 1 aliphatic carbocycles. The number of hydrogen-bond acceptors (Lipinski definition) is 6. The summed E-state index contributed by atoms with van der Waals surface area (Å²) in [7, 11) is 0. The van der Waals surface area contributed by atoms with Gasteiger partial charge in [-0.25, -0.2) is 9.78 Å². The highest BCUT2D eigenvalue weighted by atomic mass is 16.6. The van der Waals surface area contributed by atoms with Gasteiger partial charge in [0.1, 0.15) is 11.4 Å². The molecular formula is C19H29N5O3. The number of rotatable bonds is 4. The highest BCUT2D eigenvalue weighted by Crippen LogP contribution is 2.31. The minimum atomic E-state index is -0.487. The minimum Gasteiger partial charge on any atom is -0.444 e. The van der Waals surface area contributed by atoms with Gasteiger partial charge in [-0.2, -0.15) is 0 Å². The number of nitrogens with one attached hydrogen (secondary N) is 2. The molecule has 1 aliphatic heterocycles. The first-order chi connectivity index (χ1) is 12.7. The molecule has 2 amide bonds. The van der Waals surface area contributed by atoms with Gasteiger partial charge in [0.15, 0.2) is 0 Å². The van der Waals surface area contributed by atoms with Crippen molar-refractivity contribution in [2.75, 3.05) is 29.5 Å². The normalized spacial score (nSPS) is 18.1. The van der Waals surface area contributed by atoms with E-state index in [2.05, 4.69) is 15.6 Å². The first-order valence-corrected chi connectivity index (χ1v) is 9.52. The van der Waals surface area contributed by atoms with Crippen LogP contribution in [0.2, 0.25) is 0 Å². The van der Waals surface area contributed by atoms with Crippen molar-refractivity contribution in [3.05, 3.63) is 12.3 Å². The first-order valence-electron chi connectivity index (χ1n) is 9.52. The van der Waals surface area contributed by atoms with Gasteiger partial charge in [-0.1, -0.05) is 0 Å². The number of ether oxygens (including phenoxy) is 1. The smallest absolute Gasteiger partial charge is 0.410 e. The zero-order valence-corrected chi connectivity index (χ0v) is 16.2. The van der Waals surface area contributed by atoms with Crippen molar-refractivity contribution in [3.8, 4) is 0 Å². The quantitative estimate of drug-likeness (QED) is 0.746. The van der Waals surface area contributed by atoms with Crippen molar-refractivity contribution in [1.82, 2.24) is 9.88 Å². The van der Waals surface area contributed by atoms with Gasteiger partial charge in [-0.15, -0.1) is 0 Å². The number of hydrogen-bond donors (Lipinski definition) is 3. The maximum absolute atomic E-state index is 12.2. The highest BCUT2D eigenvalue weighted by molar-refractivity contribution is 5.94. The number of likely N-dealkylation sites (tertiary alicyclic amines) is 1. The Morgan fingerprint density at radius 1 is 1.22 bits per heavy atom. The molecule has 0 aromatic carbocycles. The average Bonchev–Trinajstić information content (AvgIpc) is 3.42. The Labute approximate surface area is 159 Å². The van der Waals surface area contributed by atoms with E-state index in [4.69, 9.17) is 10.5 Å². The maximum atomic E-state index is 12.2. The molecule has 1 aromatic heterocycles. The Hall–Kier alpha value is -2.51. The van der Waals surface area contributed by atoms with Crippen LogP contribution in [0.1, 0.15) is 46.5 Å². The Bertz CT molecular complexity index is 704. The van der Waals surface area contributed by atoms with Crippen LogP contribution < -0.4 is 16.4 Å². The van der Waals surface area contributed by atoms with Gasteiger partial charge in [0.2, 0.25) is 5.91 Å². The van der Waals surface area contributed by atoms with Crippen molar-refractivity contribution in [2.45, 2.75) is 58.1 Å². The second-order valence-corrected chi connectivity index (χ2v) is 8.31. The van der Waals surface area contributed by atoms with Crippen LogP contribution in [0.5, 0.6) is 0 Å². The number of pyridine rings is 1. The van der Waals surface area contributed by atoms with Crippen molar-refractivity contribution in [2.24, 2.45) is 5.92 Å². The maximum Gasteiger partial charge on any atom is 0.410 e. The Morgan fingerprint density at radius 3 is 2.48 bits per heavy atom. The molecule has 8 heteroatoms. The average molecular weight is 375 g/mol. The summed E-state index contributed by atoms with van der Waals surface area (Å²) >= 11 is 0. The van der Waals surface area contributed by atoms with Crippen LogP contribution in [0.15, 0.2) is 12.3 Å².